The van der Waals surface area contributed by atoms with E-state index in [-0.39, 0.29) is 10.6 Å². The van der Waals surface area contributed by atoms with Crippen molar-refractivity contribution in [1.82, 2.24) is 0 Å². The molecule has 0 atom stereocenters. The predicted octanol–water partition coefficient (Wildman–Crippen LogP) is 3.13. The topological polar surface area (TPSA) is 72.2 Å². The zero-order valence-corrected chi connectivity index (χ0v) is 12.9. The van der Waals surface area contributed by atoms with Crippen molar-refractivity contribution in [1.29, 1.82) is 0 Å². The molecular formula is C15H17FN2O2S. The van der Waals surface area contributed by atoms with Crippen LogP contribution >= 0.6 is 0 Å². The zero-order chi connectivity index (χ0) is 15.8. The van der Waals surface area contributed by atoms with Gasteiger partial charge in [0.2, 0.25) is 0 Å². The average Bonchev–Trinajstić information content (AvgIpc) is 2.36. The van der Waals surface area contributed by atoms with E-state index in [1.54, 1.807) is 0 Å². The smallest absolute Gasteiger partial charge is 0.264 e. The lowest BCUT2D eigenvalue weighted by atomic mass is 10.1. The van der Waals surface area contributed by atoms with Gasteiger partial charge in [0.1, 0.15) is 10.7 Å². The monoisotopic (exact) mass is 308 g/mol. The van der Waals surface area contributed by atoms with E-state index in [1.807, 2.05) is 32.9 Å². The lowest BCUT2D eigenvalue weighted by molar-refractivity contribution is 0.596. The summed E-state index contributed by atoms with van der Waals surface area (Å²) in [5.41, 5.74) is 8.77. The molecule has 0 aliphatic heterocycles. The fourth-order valence-corrected chi connectivity index (χ4v) is 3.62. The van der Waals surface area contributed by atoms with Crippen molar-refractivity contribution in [2.45, 2.75) is 25.7 Å². The number of nitrogens with two attached hydrogens (primary N) is 1. The highest BCUT2D eigenvalue weighted by Gasteiger charge is 2.20. The van der Waals surface area contributed by atoms with Crippen LogP contribution in [0.25, 0.3) is 0 Å². The molecule has 0 bridgehead atoms. The second-order valence-corrected chi connectivity index (χ2v) is 6.71. The van der Waals surface area contributed by atoms with E-state index in [0.29, 0.717) is 5.69 Å². The normalized spacial score (nSPS) is 11.4. The van der Waals surface area contributed by atoms with Gasteiger partial charge in [-0.25, -0.2) is 12.8 Å². The van der Waals surface area contributed by atoms with Crippen molar-refractivity contribution in [2.75, 3.05) is 10.5 Å². The molecule has 3 N–H and O–H groups in total. The van der Waals surface area contributed by atoms with Crippen LogP contribution in [0.3, 0.4) is 0 Å². The van der Waals surface area contributed by atoms with Gasteiger partial charge in [0.15, 0.2) is 0 Å². The molecule has 0 heterocycles. The van der Waals surface area contributed by atoms with Crippen LogP contribution < -0.4 is 10.5 Å². The van der Waals surface area contributed by atoms with Crippen molar-refractivity contribution in [3.8, 4) is 0 Å². The first-order chi connectivity index (χ1) is 9.70. The lowest BCUT2D eigenvalue weighted by Crippen LogP contribution is -2.16. The van der Waals surface area contributed by atoms with Crippen molar-refractivity contribution >= 4 is 21.4 Å². The van der Waals surface area contributed by atoms with Crippen molar-refractivity contribution in [3.63, 3.8) is 0 Å². The number of hydrogen-bond acceptors (Lipinski definition) is 3. The summed E-state index contributed by atoms with van der Waals surface area (Å²) in [7, 11) is -3.94. The summed E-state index contributed by atoms with van der Waals surface area (Å²) in [6, 6.07) is 7.02. The number of rotatable bonds is 3. The van der Waals surface area contributed by atoms with Gasteiger partial charge < -0.3 is 5.73 Å². The number of halogens is 1. The fourth-order valence-electron chi connectivity index (χ4n) is 2.27. The molecule has 2 aromatic rings. The molecule has 0 saturated heterocycles. The molecule has 21 heavy (non-hydrogen) atoms. The summed E-state index contributed by atoms with van der Waals surface area (Å²) < 4.78 is 40.6. The SMILES string of the molecule is Cc1cc(C)c(NS(=O)(=O)c2cc(F)ccc2N)c(C)c1. The average molecular weight is 308 g/mol. The second-order valence-electron chi connectivity index (χ2n) is 5.06. The third-order valence-corrected chi connectivity index (χ3v) is 4.58. The van der Waals surface area contributed by atoms with Gasteiger partial charge in [0.25, 0.3) is 10.0 Å². The van der Waals surface area contributed by atoms with Crippen LogP contribution in [0.5, 0.6) is 0 Å². The Morgan fingerprint density at radius 2 is 1.62 bits per heavy atom. The molecule has 0 fully saturated rings. The second kappa shape index (κ2) is 5.37. The largest absolute Gasteiger partial charge is 0.398 e. The van der Waals surface area contributed by atoms with Crippen LogP contribution in [0.1, 0.15) is 16.7 Å². The van der Waals surface area contributed by atoms with Gasteiger partial charge in [0.05, 0.1) is 11.4 Å². The number of benzene rings is 2. The van der Waals surface area contributed by atoms with Crippen LogP contribution in [0, 0.1) is 26.6 Å². The first-order valence-electron chi connectivity index (χ1n) is 6.36. The van der Waals surface area contributed by atoms with Crippen LogP contribution in [0.4, 0.5) is 15.8 Å². The van der Waals surface area contributed by atoms with Crippen molar-refractivity contribution in [2.24, 2.45) is 0 Å². The maximum atomic E-state index is 13.3. The van der Waals surface area contributed by atoms with Gasteiger partial charge in [-0.05, 0) is 50.1 Å². The van der Waals surface area contributed by atoms with E-state index in [4.69, 9.17) is 5.73 Å². The minimum Gasteiger partial charge on any atom is -0.398 e. The van der Waals surface area contributed by atoms with Crippen molar-refractivity contribution < 1.29 is 12.8 Å². The van der Waals surface area contributed by atoms with Gasteiger partial charge in [-0.3, -0.25) is 4.72 Å². The zero-order valence-electron chi connectivity index (χ0n) is 12.1. The molecule has 0 unspecified atom stereocenters. The number of nitrogens with one attached hydrogen (secondary N) is 1. The number of nitrogen functional groups attached to an aromatic ring is 1. The Kier molecular flexibility index (Phi) is 3.91. The summed E-state index contributed by atoms with van der Waals surface area (Å²) in [5.74, 6) is -0.651. The van der Waals surface area contributed by atoms with Crippen LogP contribution in [-0.2, 0) is 10.0 Å². The predicted molar refractivity (Wildman–Crippen MR) is 82.3 cm³/mol. The summed E-state index contributed by atoms with van der Waals surface area (Å²) in [5, 5.41) is 0. The first-order valence-corrected chi connectivity index (χ1v) is 7.85. The molecule has 0 amide bonds. The maximum absolute atomic E-state index is 13.3. The molecule has 0 spiro atoms. The van der Waals surface area contributed by atoms with E-state index in [2.05, 4.69) is 4.72 Å². The number of hydrogen-bond donors (Lipinski definition) is 2. The number of aryl methyl sites for hydroxylation is 3. The molecule has 0 radical (unpaired) electrons. The van der Waals surface area contributed by atoms with Crippen LogP contribution in [-0.4, -0.2) is 8.42 Å². The molecule has 2 rings (SSSR count). The summed E-state index contributed by atoms with van der Waals surface area (Å²) in [6.07, 6.45) is 0. The molecule has 112 valence electrons. The Bertz CT molecular complexity index is 778. The number of sulfonamides is 1. The lowest BCUT2D eigenvalue weighted by Gasteiger charge is -2.15. The maximum Gasteiger partial charge on any atom is 0.264 e. The van der Waals surface area contributed by atoms with Gasteiger partial charge in [-0.1, -0.05) is 17.7 Å². The van der Waals surface area contributed by atoms with E-state index in [0.717, 1.165) is 28.8 Å². The minimum absolute atomic E-state index is 0.00585. The van der Waals surface area contributed by atoms with Gasteiger partial charge in [0, 0.05) is 0 Å². The van der Waals surface area contributed by atoms with E-state index >= 15 is 0 Å². The quantitative estimate of drug-likeness (QED) is 0.856. The molecule has 2 aromatic carbocycles. The van der Waals surface area contributed by atoms with E-state index in [9.17, 15) is 12.8 Å². The summed E-state index contributed by atoms with van der Waals surface area (Å²) >= 11 is 0. The third kappa shape index (κ3) is 3.16. The summed E-state index contributed by atoms with van der Waals surface area (Å²) in [4.78, 5) is -0.262. The Balaban J connectivity index is 2.50. The Morgan fingerprint density at radius 3 is 2.19 bits per heavy atom. The Labute approximate surface area is 123 Å². The minimum atomic E-state index is -3.94. The molecule has 6 heteroatoms. The standard InChI is InChI=1S/C15H17FN2O2S/c1-9-6-10(2)15(11(3)7-9)18-21(19,20)14-8-12(16)4-5-13(14)17/h4-8,18H,17H2,1-3H3. The van der Waals surface area contributed by atoms with Gasteiger partial charge in [-0.15, -0.1) is 0 Å². The molecule has 4 nitrogen and oxygen atoms in total. The molecule has 0 aliphatic rings. The summed E-state index contributed by atoms with van der Waals surface area (Å²) in [6.45, 7) is 5.56. The van der Waals surface area contributed by atoms with E-state index < -0.39 is 15.8 Å². The van der Waals surface area contributed by atoms with Crippen LogP contribution in [0.15, 0.2) is 35.2 Å². The van der Waals surface area contributed by atoms with Crippen LogP contribution in [0.2, 0.25) is 0 Å². The van der Waals surface area contributed by atoms with Crippen molar-refractivity contribution in [3.05, 3.63) is 52.8 Å². The molecule has 0 aromatic heterocycles. The van der Waals surface area contributed by atoms with E-state index in [1.165, 1.54) is 6.07 Å². The van der Waals surface area contributed by atoms with Gasteiger partial charge in [-0.2, -0.15) is 0 Å². The first kappa shape index (κ1) is 15.3. The highest BCUT2D eigenvalue weighted by atomic mass is 32.2. The highest BCUT2D eigenvalue weighted by Crippen LogP contribution is 2.27. The van der Waals surface area contributed by atoms with Gasteiger partial charge >= 0.3 is 0 Å². The Morgan fingerprint density at radius 1 is 1.05 bits per heavy atom. The molecule has 0 aliphatic carbocycles. The third-order valence-electron chi connectivity index (χ3n) is 3.18. The Hall–Kier alpha value is -2.08. The molecular weight excluding hydrogens is 291 g/mol. The number of anilines is 2. The molecule has 0 saturated carbocycles. The fraction of sp³-hybridized carbons (Fsp3) is 0.200. The highest BCUT2D eigenvalue weighted by molar-refractivity contribution is 7.92.